The lowest BCUT2D eigenvalue weighted by Gasteiger charge is -2.07. The monoisotopic (exact) mass is 289 g/mol. The van der Waals surface area contributed by atoms with Gasteiger partial charge in [0.1, 0.15) is 0 Å². The van der Waals surface area contributed by atoms with Gasteiger partial charge in [0.15, 0.2) is 9.84 Å². The molecule has 0 aliphatic heterocycles. The van der Waals surface area contributed by atoms with Crippen molar-refractivity contribution in [2.75, 3.05) is 18.1 Å². The summed E-state index contributed by atoms with van der Waals surface area (Å²) in [5, 5.41) is 3.30. The molecule has 0 heterocycles. The van der Waals surface area contributed by atoms with E-state index in [9.17, 15) is 8.42 Å². The Bertz CT molecular complexity index is 634. The average molecular weight is 289 g/mol. The van der Waals surface area contributed by atoms with Gasteiger partial charge in [0.05, 0.1) is 4.90 Å². The van der Waals surface area contributed by atoms with Crippen LogP contribution in [0.4, 0.5) is 5.69 Å². The lowest BCUT2D eigenvalue weighted by molar-refractivity contribution is 0.602. The summed E-state index contributed by atoms with van der Waals surface area (Å²) in [7, 11) is -3.11. The van der Waals surface area contributed by atoms with Gasteiger partial charge in [-0.1, -0.05) is 30.3 Å². The molecule has 3 nitrogen and oxygen atoms in total. The molecule has 0 unspecified atom stereocenters. The van der Waals surface area contributed by atoms with Crippen LogP contribution in [0.1, 0.15) is 12.0 Å². The van der Waals surface area contributed by atoms with Crippen LogP contribution in [-0.4, -0.2) is 21.2 Å². The van der Waals surface area contributed by atoms with E-state index in [2.05, 4.69) is 17.4 Å². The van der Waals surface area contributed by atoms with E-state index in [0.29, 0.717) is 4.90 Å². The van der Waals surface area contributed by atoms with Crippen molar-refractivity contribution in [1.82, 2.24) is 0 Å². The molecule has 0 aliphatic rings. The Morgan fingerprint density at radius 3 is 2.20 bits per heavy atom. The van der Waals surface area contributed by atoms with Crippen molar-refractivity contribution in [2.24, 2.45) is 0 Å². The summed E-state index contributed by atoms with van der Waals surface area (Å²) >= 11 is 0. The zero-order chi connectivity index (χ0) is 14.4. The lowest BCUT2D eigenvalue weighted by Crippen LogP contribution is -2.03. The van der Waals surface area contributed by atoms with Gasteiger partial charge in [-0.2, -0.15) is 0 Å². The fourth-order valence-electron chi connectivity index (χ4n) is 1.99. The summed E-state index contributed by atoms with van der Waals surface area (Å²) in [5.74, 6) is 0. The van der Waals surface area contributed by atoms with Gasteiger partial charge >= 0.3 is 0 Å². The minimum atomic E-state index is -3.11. The molecule has 0 bridgehead atoms. The number of anilines is 1. The van der Waals surface area contributed by atoms with Crippen LogP contribution in [0.15, 0.2) is 59.5 Å². The van der Waals surface area contributed by atoms with Gasteiger partial charge in [0.25, 0.3) is 0 Å². The maximum absolute atomic E-state index is 11.3. The maximum atomic E-state index is 11.3. The molecule has 0 fully saturated rings. The van der Waals surface area contributed by atoms with E-state index < -0.39 is 9.84 Å². The summed E-state index contributed by atoms with van der Waals surface area (Å²) < 4.78 is 22.7. The van der Waals surface area contributed by atoms with Crippen LogP contribution >= 0.6 is 0 Å². The van der Waals surface area contributed by atoms with Crippen molar-refractivity contribution < 1.29 is 8.42 Å². The van der Waals surface area contributed by atoms with E-state index in [1.165, 1.54) is 11.8 Å². The van der Waals surface area contributed by atoms with Crippen molar-refractivity contribution in [3.8, 4) is 0 Å². The fourth-order valence-corrected chi connectivity index (χ4v) is 2.62. The summed E-state index contributed by atoms with van der Waals surface area (Å²) in [6, 6.07) is 17.2. The highest BCUT2D eigenvalue weighted by molar-refractivity contribution is 7.90. The van der Waals surface area contributed by atoms with Gasteiger partial charge in [-0.05, 0) is 42.7 Å². The zero-order valence-electron chi connectivity index (χ0n) is 11.5. The molecule has 0 saturated carbocycles. The van der Waals surface area contributed by atoms with Gasteiger partial charge in [-0.25, -0.2) is 8.42 Å². The predicted octanol–water partition coefficient (Wildman–Crippen LogP) is 3.13. The van der Waals surface area contributed by atoms with Crippen LogP contribution in [0.5, 0.6) is 0 Å². The number of sulfone groups is 1. The third kappa shape index (κ3) is 4.38. The van der Waals surface area contributed by atoms with Gasteiger partial charge in [-0.3, -0.25) is 0 Å². The second kappa shape index (κ2) is 6.57. The lowest BCUT2D eigenvalue weighted by atomic mass is 10.1. The molecule has 2 aromatic carbocycles. The van der Waals surface area contributed by atoms with Crippen molar-refractivity contribution in [3.63, 3.8) is 0 Å². The fraction of sp³-hybridized carbons (Fsp3) is 0.250. The quantitative estimate of drug-likeness (QED) is 0.831. The van der Waals surface area contributed by atoms with Gasteiger partial charge in [-0.15, -0.1) is 0 Å². The minimum Gasteiger partial charge on any atom is -0.385 e. The highest BCUT2D eigenvalue weighted by Crippen LogP contribution is 2.14. The van der Waals surface area contributed by atoms with Crippen LogP contribution in [0.3, 0.4) is 0 Å². The first-order valence-corrected chi connectivity index (χ1v) is 8.53. The molecule has 0 saturated heterocycles. The Morgan fingerprint density at radius 2 is 1.60 bits per heavy atom. The van der Waals surface area contributed by atoms with Crippen LogP contribution in [0.2, 0.25) is 0 Å². The second-order valence-corrected chi connectivity index (χ2v) is 6.83. The second-order valence-electron chi connectivity index (χ2n) is 4.81. The standard InChI is InChI=1S/C16H19NO2S/c1-20(18,19)16-11-9-15(10-12-16)17-13-5-8-14-6-3-2-4-7-14/h2-4,6-7,9-12,17H,5,8,13H2,1H3. The van der Waals surface area contributed by atoms with Gasteiger partial charge < -0.3 is 5.32 Å². The molecule has 0 spiro atoms. The van der Waals surface area contributed by atoms with Crippen LogP contribution < -0.4 is 5.32 Å². The first-order chi connectivity index (χ1) is 9.55. The van der Waals surface area contributed by atoms with Crippen LogP contribution in [0, 0.1) is 0 Å². The van der Waals surface area contributed by atoms with Gasteiger partial charge in [0, 0.05) is 18.5 Å². The van der Waals surface area contributed by atoms with Crippen LogP contribution in [-0.2, 0) is 16.3 Å². The molecule has 1 N–H and O–H groups in total. The Labute approximate surface area is 120 Å². The molecule has 0 radical (unpaired) electrons. The molecule has 2 rings (SSSR count). The summed E-state index contributed by atoms with van der Waals surface area (Å²) in [6.45, 7) is 0.868. The molecule has 106 valence electrons. The molecule has 0 amide bonds. The van der Waals surface area contributed by atoms with E-state index in [1.54, 1.807) is 24.3 Å². The number of hydrogen-bond donors (Lipinski definition) is 1. The Balaban J connectivity index is 1.80. The first kappa shape index (κ1) is 14.6. The number of benzene rings is 2. The normalized spacial score (nSPS) is 11.2. The van der Waals surface area contributed by atoms with E-state index in [4.69, 9.17) is 0 Å². The van der Waals surface area contributed by atoms with E-state index in [0.717, 1.165) is 25.1 Å². The van der Waals surface area contributed by atoms with Crippen molar-refractivity contribution in [2.45, 2.75) is 17.7 Å². The summed E-state index contributed by atoms with van der Waals surface area (Å²) in [4.78, 5) is 0.354. The number of rotatable bonds is 6. The van der Waals surface area contributed by atoms with E-state index >= 15 is 0 Å². The topological polar surface area (TPSA) is 46.2 Å². The first-order valence-electron chi connectivity index (χ1n) is 6.63. The molecule has 0 aromatic heterocycles. The summed E-state index contributed by atoms with van der Waals surface area (Å²) in [6.07, 6.45) is 3.29. The van der Waals surface area contributed by atoms with Crippen LogP contribution in [0.25, 0.3) is 0 Å². The Kier molecular flexibility index (Phi) is 4.79. The highest BCUT2D eigenvalue weighted by Gasteiger charge is 2.05. The van der Waals surface area contributed by atoms with Gasteiger partial charge in [0.2, 0.25) is 0 Å². The number of aryl methyl sites for hydroxylation is 1. The van der Waals surface area contributed by atoms with Crippen molar-refractivity contribution >= 4 is 15.5 Å². The Hall–Kier alpha value is -1.81. The molecule has 0 atom stereocenters. The highest BCUT2D eigenvalue weighted by atomic mass is 32.2. The third-order valence-corrected chi connectivity index (χ3v) is 4.23. The van der Waals surface area contributed by atoms with Crippen molar-refractivity contribution in [1.29, 1.82) is 0 Å². The number of hydrogen-bond acceptors (Lipinski definition) is 3. The smallest absolute Gasteiger partial charge is 0.175 e. The molecular weight excluding hydrogens is 270 g/mol. The maximum Gasteiger partial charge on any atom is 0.175 e. The summed E-state index contributed by atoms with van der Waals surface area (Å²) in [5.41, 5.74) is 2.28. The van der Waals surface area contributed by atoms with E-state index in [1.807, 2.05) is 18.2 Å². The predicted molar refractivity (Wildman–Crippen MR) is 82.8 cm³/mol. The largest absolute Gasteiger partial charge is 0.385 e. The molecule has 20 heavy (non-hydrogen) atoms. The van der Waals surface area contributed by atoms with Crippen molar-refractivity contribution in [3.05, 3.63) is 60.2 Å². The molecule has 0 aliphatic carbocycles. The van der Waals surface area contributed by atoms with E-state index in [-0.39, 0.29) is 0 Å². The third-order valence-electron chi connectivity index (χ3n) is 3.10. The molecular formula is C16H19NO2S. The average Bonchev–Trinajstić information content (AvgIpc) is 2.44. The molecule has 4 heteroatoms. The SMILES string of the molecule is CS(=O)(=O)c1ccc(NCCCc2ccccc2)cc1. The Morgan fingerprint density at radius 1 is 0.950 bits per heavy atom. The minimum absolute atomic E-state index is 0.354. The zero-order valence-corrected chi connectivity index (χ0v) is 12.4. The molecule has 2 aromatic rings. The number of nitrogens with one attached hydrogen (secondary N) is 1.